The van der Waals surface area contributed by atoms with E-state index in [-0.39, 0.29) is 18.4 Å². The number of hydrogen-bond acceptors (Lipinski definition) is 4. The fourth-order valence-electron chi connectivity index (χ4n) is 2.11. The predicted octanol–water partition coefficient (Wildman–Crippen LogP) is 2.49. The van der Waals surface area contributed by atoms with Gasteiger partial charge in [0.05, 0.1) is 19.3 Å². The Bertz CT molecular complexity index is 584. The van der Waals surface area contributed by atoms with Gasteiger partial charge in [-0.3, -0.25) is 9.59 Å². The zero-order valence-electron chi connectivity index (χ0n) is 14.2. The maximum atomic E-state index is 12.3. The van der Waals surface area contributed by atoms with Crippen molar-refractivity contribution in [3.63, 3.8) is 0 Å². The summed E-state index contributed by atoms with van der Waals surface area (Å²) in [6.45, 7) is 10.4. The van der Waals surface area contributed by atoms with E-state index >= 15 is 0 Å². The van der Waals surface area contributed by atoms with Gasteiger partial charge in [-0.1, -0.05) is 12.2 Å². The number of likely N-dealkylation sites (N-methyl/N-ethyl adjacent to an activating group) is 1. The highest BCUT2D eigenvalue weighted by Gasteiger charge is 2.13. The molecule has 23 heavy (non-hydrogen) atoms. The Morgan fingerprint density at radius 2 is 2.00 bits per heavy atom. The summed E-state index contributed by atoms with van der Waals surface area (Å²) in [7, 11) is 1.56. The molecule has 0 aliphatic carbocycles. The van der Waals surface area contributed by atoms with Gasteiger partial charge in [-0.15, -0.1) is 0 Å². The first-order chi connectivity index (χ1) is 10.9. The van der Waals surface area contributed by atoms with E-state index in [9.17, 15) is 9.59 Å². The number of anilines is 2. The van der Waals surface area contributed by atoms with E-state index in [2.05, 4.69) is 17.2 Å². The van der Waals surface area contributed by atoms with Crippen LogP contribution in [0.2, 0.25) is 0 Å². The van der Waals surface area contributed by atoms with Crippen LogP contribution < -0.4 is 15.4 Å². The standard InChI is InChI=1S/C17H25N3O3/c1-6-20(11-12(2)3)17(22)10-18-15-9-14(19-13(4)21)7-8-16(15)23-5/h7-9,18H,2,6,10-11H2,1,3-5H3,(H,19,21). The van der Waals surface area contributed by atoms with E-state index in [1.807, 2.05) is 13.8 Å². The highest BCUT2D eigenvalue weighted by atomic mass is 16.5. The van der Waals surface area contributed by atoms with Gasteiger partial charge in [0.15, 0.2) is 0 Å². The van der Waals surface area contributed by atoms with Gasteiger partial charge in [-0.2, -0.15) is 0 Å². The molecule has 0 saturated heterocycles. The van der Waals surface area contributed by atoms with Crippen LogP contribution in [0.1, 0.15) is 20.8 Å². The molecule has 0 radical (unpaired) electrons. The summed E-state index contributed by atoms with van der Waals surface area (Å²) in [5.74, 6) is 0.424. The second kappa shape index (κ2) is 8.82. The maximum Gasteiger partial charge on any atom is 0.242 e. The van der Waals surface area contributed by atoms with Crippen LogP contribution in [0.15, 0.2) is 30.4 Å². The molecule has 0 atom stereocenters. The first-order valence-electron chi connectivity index (χ1n) is 7.49. The Morgan fingerprint density at radius 3 is 2.52 bits per heavy atom. The molecule has 0 aliphatic rings. The van der Waals surface area contributed by atoms with Crippen LogP contribution in [0.5, 0.6) is 5.75 Å². The Kier molecular flexibility index (Phi) is 7.12. The van der Waals surface area contributed by atoms with E-state index in [1.54, 1.807) is 30.2 Å². The molecular formula is C17H25N3O3. The van der Waals surface area contributed by atoms with Gasteiger partial charge in [0.25, 0.3) is 0 Å². The number of nitrogens with one attached hydrogen (secondary N) is 2. The largest absolute Gasteiger partial charge is 0.495 e. The van der Waals surface area contributed by atoms with Gasteiger partial charge < -0.3 is 20.3 Å². The number of hydrogen-bond donors (Lipinski definition) is 2. The molecule has 1 aromatic rings. The molecule has 0 spiro atoms. The van der Waals surface area contributed by atoms with Crippen molar-refractivity contribution in [2.24, 2.45) is 0 Å². The number of methoxy groups -OCH3 is 1. The summed E-state index contributed by atoms with van der Waals surface area (Å²) in [6.07, 6.45) is 0. The van der Waals surface area contributed by atoms with Crippen molar-refractivity contribution in [1.29, 1.82) is 0 Å². The molecular weight excluding hydrogens is 294 g/mol. The fraction of sp³-hybridized carbons (Fsp3) is 0.412. The zero-order chi connectivity index (χ0) is 17.4. The van der Waals surface area contributed by atoms with Crippen molar-refractivity contribution >= 4 is 23.2 Å². The van der Waals surface area contributed by atoms with Crippen LogP contribution in [-0.2, 0) is 9.59 Å². The van der Waals surface area contributed by atoms with Crippen molar-refractivity contribution in [1.82, 2.24) is 4.90 Å². The van der Waals surface area contributed by atoms with Crippen LogP contribution in [0, 0.1) is 0 Å². The summed E-state index contributed by atoms with van der Waals surface area (Å²) in [4.78, 5) is 25.1. The van der Waals surface area contributed by atoms with Crippen molar-refractivity contribution in [2.45, 2.75) is 20.8 Å². The van der Waals surface area contributed by atoms with E-state index in [0.29, 0.717) is 30.2 Å². The topological polar surface area (TPSA) is 70.7 Å². The Labute approximate surface area is 137 Å². The number of carbonyl (C=O) groups is 2. The number of amides is 2. The monoisotopic (exact) mass is 319 g/mol. The Balaban J connectivity index is 2.80. The van der Waals surface area contributed by atoms with Gasteiger partial charge in [0, 0.05) is 25.7 Å². The first kappa shape index (κ1) is 18.5. The third-order valence-corrected chi connectivity index (χ3v) is 3.15. The Hall–Kier alpha value is -2.50. The molecule has 0 aliphatic heterocycles. The third kappa shape index (κ3) is 6.02. The molecule has 1 aromatic carbocycles. The molecule has 0 heterocycles. The quantitative estimate of drug-likeness (QED) is 0.722. The second-order valence-electron chi connectivity index (χ2n) is 5.31. The normalized spacial score (nSPS) is 9.91. The molecule has 2 N–H and O–H groups in total. The molecule has 0 unspecified atom stereocenters. The van der Waals surface area contributed by atoms with Gasteiger partial charge in [0.2, 0.25) is 11.8 Å². The maximum absolute atomic E-state index is 12.3. The molecule has 2 amide bonds. The molecule has 6 nitrogen and oxygen atoms in total. The summed E-state index contributed by atoms with van der Waals surface area (Å²) >= 11 is 0. The summed E-state index contributed by atoms with van der Waals surface area (Å²) in [6, 6.07) is 5.22. The minimum atomic E-state index is -0.157. The number of nitrogens with zero attached hydrogens (tertiary/aromatic N) is 1. The molecule has 0 bridgehead atoms. The van der Waals surface area contributed by atoms with Crippen LogP contribution in [-0.4, -0.2) is 43.5 Å². The second-order valence-corrected chi connectivity index (χ2v) is 5.31. The highest BCUT2D eigenvalue weighted by Crippen LogP contribution is 2.27. The lowest BCUT2D eigenvalue weighted by molar-refractivity contribution is -0.128. The number of ether oxygens (including phenoxy) is 1. The molecule has 126 valence electrons. The van der Waals surface area contributed by atoms with Crippen LogP contribution >= 0.6 is 0 Å². The van der Waals surface area contributed by atoms with Crippen LogP contribution in [0.3, 0.4) is 0 Å². The lowest BCUT2D eigenvalue weighted by Gasteiger charge is -2.22. The van der Waals surface area contributed by atoms with Crippen molar-refractivity contribution in [2.75, 3.05) is 37.4 Å². The predicted molar refractivity (Wildman–Crippen MR) is 92.9 cm³/mol. The van der Waals surface area contributed by atoms with E-state index in [1.165, 1.54) is 6.92 Å². The van der Waals surface area contributed by atoms with Gasteiger partial charge >= 0.3 is 0 Å². The lowest BCUT2D eigenvalue weighted by atomic mass is 10.2. The van der Waals surface area contributed by atoms with E-state index in [0.717, 1.165) is 5.57 Å². The molecule has 6 heteroatoms. The molecule has 0 saturated carbocycles. The Morgan fingerprint density at radius 1 is 1.30 bits per heavy atom. The van der Waals surface area contributed by atoms with E-state index < -0.39 is 0 Å². The molecule has 0 aromatic heterocycles. The van der Waals surface area contributed by atoms with Gasteiger partial charge in [0.1, 0.15) is 5.75 Å². The number of benzene rings is 1. The summed E-state index contributed by atoms with van der Waals surface area (Å²) in [5, 5.41) is 5.77. The third-order valence-electron chi connectivity index (χ3n) is 3.15. The molecule has 1 rings (SSSR count). The first-order valence-corrected chi connectivity index (χ1v) is 7.49. The lowest BCUT2D eigenvalue weighted by Crippen LogP contribution is -2.36. The number of rotatable bonds is 8. The van der Waals surface area contributed by atoms with Crippen molar-refractivity contribution < 1.29 is 14.3 Å². The SMILES string of the molecule is C=C(C)CN(CC)C(=O)CNc1cc(NC(C)=O)ccc1OC. The average molecular weight is 319 g/mol. The van der Waals surface area contributed by atoms with Gasteiger partial charge in [-0.05, 0) is 32.0 Å². The fourth-order valence-corrected chi connectivity index (χ4v) is 2.11. The van der Waals surface area contributed by atoms with Crippen LogP contribution in [0.25, 0.3) is 0 Å². The van der Waals surface area contributed by atoms with Crippen molar-refractivity contribution in [3.8, 4) is 5.75 Å². The minimum absolute atomic E-state index is 0.0255. The average Bonchev–Trinajstić information content (AvgIpc) is 2.49. The highest BCUT2D eigenvalue weighted by molar-refractivity contribution is 5.90. The van der Waals surface area contributed by atoms with Gasteiger partial charge in [-0.25, -0.2) is 0 Å². The summed E-state index contributed by atoms with van der Waals surface area (Å²) in [5.41, 5.74) is 2.23. The minimum Gasteiger partial charge on any atom is -0.495 e. The number of carbonyl (C=O) groups excluding carboxylic acids is 2. The summed E-state index contributed by atoms with van der Waals surface area (Å²) < 4.78 is 5.27. The van der Waals surface area contributed by atoms with Crippen molar-refractivity contribution in [3.05, 3.63) is 30.4 Å². The zero-order valence-corrected chi connectivity index (χ0v) is 14.2. The van der Waals surface area contributed by atoms with Crippen LogP contribution in [0.4, 0.5) is 11.4 Å². The van der Waals surface area contributed by atoms with E-state index in [4.69, 9.17) is 4.74 Å². The smallest absolute Gasteiger partial charge is 0.242 e. The molecule has 0 fully saturated rings.